The molecule has 0 aliphatic carbocycles. The standard InChI is InChI=1S/C31H37F3N6OS/c1-22-11-10-15-29(37-22)42-39-27-19-25(24-14-8-7-13-23(24)12-6-4-5-9-17-35)26(20-36-27)40-18-16-28(38-40)41-21-30(2,3)31(32,33)34/h7-8,10-11,13-16,18-20H,4-6,9,12,17,21,35H2,1-3H3,(H,36,39). The molecule has 0 bridgehead atoms. The summed E-state index contributed by atoms with van der Waals surface area (Å²) in [6.07, 6.45) is 4.12. The summed E-state index contributed by atoms with van der Waals surface area (Å²) in [6.45, 7) is 4.31. The maximum absolute atomic E-state index is 13.3. The van der Waals surface area contributed by atoms with Crippen LogP contribution in [-0.2, 0) is 6.42 Å². The van der Waals surface area contributed by atoms with Crippen LogP contribution in [0.25, 0.3) is 16.8 Å². The molecule has 0 aliphatic heterocycles. The molecule has 0 unspecified atom stereocenters. The number of halogens is 3. The van der Waals surface area contributed by atoms with Gasteiger partial charge in [0.15, 0.2) is 0 Å². The second-order valence-corrected chi connectivity index (χ2v) is 11.6. The first-order valence-corrected chi connectivity index (χ1v) is 14.8. The van der Waals surface area contributed by atoms with Crippen LogP contribution in [0.5, 0.6) is 5.88 Å². The molecule has 0 radical (unpaired) electrons. The lowest BCUT2D eigenvalue weighted by Gasteiger charge is -2.26. The van der Waals surface area contributed by atoms with Gasteiger partial charge in [-0.05, 0) is 75.9 Å². The number of hydrogen-bond acceptors (Lipinski definition) is 7. The Morgan fingerprint density at radius 2 is 1.76 bits per heavy atom. The molecule has 0 saturated heterocycles. The fourth-order valence-corrected chi connectivity index (χ4v) is 4.91. The number of pyridine rings is 2. The van der Waals surface area contributed by atoms with Gasteiger partial charge < -0.3 is 15.2 Å². The number of nitrogens with one attached hydrogen (secondary N) is 1. The molecule has 7 nitrogen and oxygen atoms in total. The number of nitrogens with two attached hydrogens (primary N) is 1. The summed E-state index contributed by atoms with van der Waals surface area (Å²) in [6, 6.07) is 17.5. The molecule has 3 heterocycles. The number of alkyl halides is 3. The Hall–Kier alpha value is -3.57. The van der Waals surface area contributed by atoms with E-state index in [1.807, 2.05) is 43.3 Å². The molecule has 0 saturated carbocycles. The zero-order chi connectivity index (χ0) is 30.2. The van der Waals surface area contributed by atoms with Crippen LogP contribution in [0, 0.1) is 12.3 Å². The zero-order valence-electron chi connectivity index (χ0n) is 24.1. The van der Waals surface area contributed by atoms with Crippen LogP contribution in [0.1, 0.15) is 50.8 Å². The number of aryl methyl sites for hydroxylation is 2. The molecule has 0 spiro atoms. The second-order valence-electron chi connectivity index (χ2n) is 10.8. The lowest BCUT2D eigenvalue weighted by Crippen LogP contribution is -2.37. The van der Waals surface area contributed by atoms with Crippen molar-refractivity contribution in [3.8, 4) is 22.7 Å². The predicted octanol–water partition coefficient (Wildman–Crippen LogP) is 7.79. The third-order valence-corrected chi connectivity index (χ3v) is 7.62. The van der Waals surface area contributed by atoms with Gasteiger partial charge in [0.25, 0.3) is 0 Å². The average molecular weight is 599 g/mol. The maximum atomic E-state index is 13.3. The van der Waals surface area contributed by atoms with Crippen LogP contribution in [0.3, 0.4) is 0 Å². The monoisotopic (exact) mass is 598 g/mol. The lowest BCUT2D eigenvalue weighted by molar-refractivity contribution is -0.219. The highest BCUT2D eigenvalue weighted by Crippen LogP contribution is 2.38. The van der Waals surface area contributed by atoms with Gasteiger partial charge >= 0.3 is 6.18 Å². The Labute approximate surface area is 249 Å². The summed E-state index contributed by atoms with van der Waals surface area (Å²) in [4.78, 5) is 9.13. The van der Waals surface area contributed by atoms with Gasteiger partial charge in [0.1, 0.15) is 17.5 Å². The van der Waals surface area contributed by atoms with Crippen LogP contribution in [0.2, 0.25) is 0 Å². The van der Waals surface area contributed by atoms with E-state index >= 15 is 0 Å². The highest BCUT2D eigenvalue weighted by Gasteiger charge is 2.48. The quantitative estimate of drug-likeness (QED) is 0.113. The Bertz CT molecular complexity index is 1460. The van der Waals surface area contributed by atoms with E-state index in [4.69, 9.17) is 10.5 Å². The number of nitrogens with zero attached hydrogens (tertiary/aromatic N) is 4. The van der Waals surface area contributed by atoms with Crippen molar-refractivity contribution in [3.63, 3.8) is 0 Å². The zero-order valence-corrected chi connectivity index (χ0v) is 24.9. The number of hydrogen-bond donors (Lipinski definition) is 2. The molecule has 3 N–H and O–H groups in total. The van der Waals surface area contributed by atoms with Crippen LogP contribution >= 0.6 is 11.9 Å². The van der Waals surface area contributed by atoms with Crippen LogP contribution < -0.4 is 15.2 Å². The molecule has 0 fully saturated rings. The summed E-state index contributed by atoms with van der Waals surface area (Å²) in [5, 5.41) is 5.27. The van der Waals surface area contributed by atoms with Gasteiger partial charge in [-0.1, -0.05) is 43.2 Å². The lowest BCUT2D eigenvalue weighted by atomic mass is 9.94. The van der Waals surface area contributed by atoms with Gasteiger partial charge in [-0.2, -0.15) is 13.2 Å². The molecule has 42 heavy (non-hydrogen) atoms. The van der Waals surface area contributed by atoms with Gasteiger partial charge in [0, 0.05) is 35.5 Å². The van der Waals surface area contributed by atoms with Crippen molar-refractivity contribution < 1.29 is 17.9 Å². The van der Waals surface area contributed by atoms with E-state index < -0.39 is 18.2 Å². The number of benzene rings is 1. The summed E-state index contributed by atoms with van der Waals surface area (Å²) in [5.74, 6) is 0.741. The van der Waals surface area contributed by atoms with E-state index in [2.05, 4.69) is 31.9 Å². The summed E-state index contributed by atoms with van der Waals surface area (Å²) in [5.41, 5.74) is 8.35. The van der Waals surface area contributed by atoms with E-state index in [-0.39, 0.29) is 5.88 Å². The molecule has 0 aliphatic rings. The van der Waals surface area contributed by atoms with E-state index in [1.54, 1.807) is 23.1 Å². The largest absolute Gasteiger partial charge is 0.476 e. The molecular formula is C31H37F3N6OS. The van der Waals surface area contributed by atoms with Crippen LogP contribution in [0.15, 0.2) is 72.0 Å². The number of unbranched alkanes of at least 4 members (excludes halogenated alkanes) is 3. The van der Waals surface area contributed by atoms with E-state index in [0.717, 1.165) is 67.8 Å². The normalized spacial score (nSPS) is 12.0. The SMILES string of the molecule is Cc1cccc(SNc2cc(-c3ccccc3CCCCCCN)c(-n3ccc(OCC(C)(C)C(F)(F)F)n3)cn2)n1. The molecule has 11 heteroatoms. The second kappa shape index (κ2) is 14.1. The first-order chi connectivity index (χ1) is 20.1. The van der Waals surface area contributed by atoms with Crippen molar-refractivity contribution in [3.05, 3.63) is 78.2 Å². The fraction of sp³-hybridized carbons (Fsp3) is 0.387. The molecule has 0 atom stereocenters. The molecule has 1 aromatic carbocycles. The Balaban J connectivity index is 1.64. The van der Waals surface area contributed by atoms with Gasteiger partial charge in [-0.3, -0.25) is 0 Å². The Kier molecular flexibility index (Phi) is 10.5. The third kappa shape index (κ3) is 8.25. The Morgan fingerprint density at radius 3 is 2.52 bits per heavy atom. The first-order valence-electron chi connectivity index (χ1n) is 14.0. The minimum atomic E-state index is -4.39. The molecule has 4 rings (SSSR count). The van der Waals surface area contributed by atoms with Gasteiger partial charge in [0.2, 0.25) is 5.88 Å². The highest BCUT2D eigenvalue weighted by molar-refractivity contribution is 8.00. The number of anilines is 1. The summed E-state index contributed by atoms with van der Waals surface area (Å²) >= 11 is 1.37. The minimum Gasteiger partial charge on any atom is -0.476 e. The van der Waals surface area contributed by atoms with Crippen LogP contribution in [-0.4, -0.2) is 39.1 Å². The predicted molar refractivity (Wildman–Crippen MR) is 162 cm³/mol. The molecule has 0 amide bonds. The molecule has 3 aromatic heterocycles. The van der Waals surface area contributed by atoms with E-state index in [9.17, 15) is 13.2 Å². The van der Waals surface area contributed by atoms with Crippen molar-refractivity contribution in [2.24, 2.45) is 11.1 Å². The van der Waals surface area contributed by atoms with Crippen molar-refractivity contribution in [2.45, 2.75) is 64.1 Å². The van der Waals surface area contributed by atoms with Gasteiger partial charge in [0.05, 0.1) is 17.3 Å². The average Bonchev–Trinajstić information content (AvgIpc) is 3.43. The summed E-state index contributed by atoms with van der Waals surface area (Å²) in [7, 11) is 0. The van der Waals surface area contributed by atoms with Gasteiger partial charge in [-0.15, -0.1) is 5.10 Å². The Morgan fingerprint density at radius 1 is 0.976 bits per heavy atom. The molecular weight excluding hydrogens is 561 g/mol. The number of ether oxygens (including phenoxy) is 1. The van der Waals surface area contributed by atoms with Crippen LogP contribution in [0.4, 0.5) is 19.0 Å². The third-order valence-electron chi connectivity index (χ3n) is 6.87. The topological polar surface area (TPSA) is 90.9 Å². The minimum absolute atomic E-state index is 0.106. The maximum Gasteiger partial charge on any atom is 0.397 e. The summed E-state index contributed by atoms with van der Waals surface area (Å²) < 4.78 is 50.3. The van der Waals surface area contributed by atoms with Crippen molar-refractivity contribution >= 4 is 17.8 Å². The smallest absolute Gasteiger partial charge is 0.397 e. The number of rotatable bonds is 14. The molecule has 224 valence electrons. The van der Waals surface area contributed by atoms with Gasteiger partial charge in [-0.25, -0.2) is 14.6 Å². The van der Waals surface area contributed by atoms with Crippen molar-refractivity contribution in [1.82, 2.24) is 19.7 Å². The van der Waals surface area contributed by atoms with E-state index in [1.165, 1.54) is 17.5 Å². The first kappa shape index (κ1) is 31.4. The fourth-order valence-electron chi connectivity index (χ4n) is 4.25. The van der Waals surface area contributed by atoms with Crippen molar-refractivity contribution in [2.75, 3.05) is 17.9 Å². The number of aromatic nitrogens is 4. The highest BCUT2D eigenvalue weighted by atomic mass is 32.2. The van der Waals surface area contributed by atoms with Crippen molar-refractivity contribution in [1.29, 1.82) is 0 Å². The molecule has 4 aromatic rings. The van der Waals surface area contributed by atoms with E-state index in [0.29, 0.717) is 18.1 Å².